The van der Waals surface area contributed by atoms with E-state index in [2.05, 4.69) is 22.2 Å². The number of benzene rings is 1. The van der Waals surface area contributed by atoms with Gasteiger partial charge in [-0.25, -0.2) is 13.4 Å². The number of hydrogen-bond donors (Lipinski definition) is 1. The number of anilines is 2. The fraction of sp³-hybridized carbons (Fsp3) is 0.500. The Labute approximate surface area is 181 Å². The van der Waals surface area contributed by atoms with Crippen LogP contribution in [0.2, 0.25) is 0 Å². The third kappa shape index (κ3) is 4.77. The van der Waals surface area contributed by atoms with Crippen molar-refractivity contribution in [3.63, 3.8) is 0 Å². The standard InChI is InChI=1S/C20H26N6O4S/c1-2-3-15-4-8-17(9-5-15)31(29,30)25-12-10-24(11-13-25)20-21-14-18(26(27)28)19(23-20)22-16-6-7-16/h4-5,8-9,14,16H,2-3,6-7,10-13H2,1H3,(H,21,22,23). The Hall–Kier alpha value is -2.79. The predicted molar refractivity (Wildman–Crippen MR) is 117 cm³/mol. The number of nitro groups is 1. The molecule has 31 heavy (non-hydrogen) atoms. The van der Waals surface area contributed by atoms with E-state index in [1.54, 1.807) is 12.1 Å². The summed E-state index contributed by atoms with van der Waals surface area (Å²) in [5.74, 6) is 0.592. The minimum atomic E-state index is -3.57. The van der Waals surface area contributed by atoms with Crippen LogP contribution in [0, 0.1) is 10.1 Å². The van der Waals surface area contributed by atoms with Crippen LogP contribution in [0.1, 0.15) is 31.7 Å². The number of hydrogen-bond acceptors (Lipinski definition) is 8. The molecule has 0 radical (unpaired) electrons. The molecule has 2 aliphatic rings. The maximum Gasteiger partial charge on any atom is 0.329 e. The average Bonchev–Trinajstić information content (AvgIpc) is 3.58. The molecule has 0 amide bonds. The Morgan fingerprint density at radius 3 is 2.42 bits per heavy atom. The summed E-state index contributed by atoms with van der Waals surface area (Å²) in [7, 11) is -3.57. The van der Waals surface area contributed by atoms with Gasteiger partial charge < -0.3 is 10.2 Å². The number of sulfonamides is 1. The topological polar surface area (TPSA) is 122 Å². The SMILES string of the molecule is CCCc1ccc(S(=O)(=O)N2CCN(c3ncc([N+](=O)[O-])c(NC4CC4)n3)CC2)cc1. The molecule has 1 N–H and O–H groups in total. The van der Waals surface area contributed by atoms with Gasteiger partial charge in [0.1, 0.15) is 6.20 Å². The molecule has 1 saturated carbocycles. The highest BCUT2D eigenvalue weighted by atomic mass is 32.2. The van der Waals surface area contributed by atoms with Crippen LogP contribution in [-0.4, -0.2) is 59.8 Å². The summed E-state index contributed by atoms with van der Waals surface area (Å²) in [5, 5.41) is 14.3. The second-order valence-corrected chi connectivity index (χ2v) is 9.80. The number of aryl methyl sites for hydroxylation is 1. The van der Waals surface area contributed by atoms with Crippen molar-refractivity contribution in [2.75, 3.05) is 36.4 Å². The Balaban J connectivity index is 1.45. The number of rotatable bonds is 8. The van der Waals surface area contributed by atoms with E-state index in [4.69, 9.17) is 0 Å². The van der Waals surface area contributed by atoms with E-state index in [0.29, 0.717) is 37.0 Å². The molecule has 0 atom stereocenters. The molecule has 2 fully saturated rings. The van der Waals surface area contributed by atoms with Gasteiger partial charge >= 0.3 is 5.69 Å². The van der Waals surface area contributed by atoms with Crippen LogP contribution in [-0.2, 0) is 16.4 Å². The molecular weight excluding hydrogens is 420 g/mol. The first-order valence-electron chi connectivity index (χ1n) is 10.5. The van der Waals surface area contributed by atoms with Crippen LogP contribution in [0.5, 0.6) is 0 Å². The first-order valence-corrected chi connectivity index (χ1v) is 11.9. The van der Waals surface area contributed by atoms with E-state index in [-0.39, 0.29) is 17.5 Å². The highest BCUT2D eigenvalue weighted by Gasteiger charge is 2.31. The summed E-state index contributed by atoms with van der Waals surface area (Å²) in [5.41, 5.74) is 0.973. The predicted octanol–water partition coefficient (Wildman–Crippen LogP) is 2.42. The normalized spacial score (nSPS) is 17.5. The van der Waals surface area contributed by atoms with Gasteiger partial charge in [0.25, 0.3) is 0 Å². The summed E-state index contributed by atoms with van der Waals surface area (Å²) < 4.78 is 27.5. The van der Waals surface area contributed by atoms with Gasteiger partial charge in [-0.2, -0.15) is 9.29 Å². The molecule has 0 bridgehead atoms. The van der Waals surface area contributed by atoms with Crippen molar-refractivity contribution in [1.29, 1.82) is 0 Å². The van der Waals surface area contributed by atoms with Crippen molar-refractivity contribution >= 4 is 27.5 Å². The summed E-state index contributed by atoms with van der Waals surface area (Å²) in [6, 6.07) is 7.29. The zero-order valence-electron chi connectivity index (χ0n) is 17.4. The zero-order chi connectivity index (χ0) is 22.0. The summed E-state index contributed by atoms with van der Waals surface area (Å²) in [6.45, 7) is 3.50. The van der Waals surface area contributed by atoms with Crippen molar-refractivity contribution in [1.82, 2.24) is 14.3 Å². The Morgan fingerprint density at radius 2 is 1.84 bits per heavy atom. The molecule has 10 nitrogen and oxygen atoms in total. The minimum Gasteiger partial charge on any atom is -0.361 e. The van der Waals surface area contributed by atoms with Gasteiger partial charge in [-0.1, -0.05) is 25.5 Å². The molecule has 1 aliphatic carbocycles. The Bertz CT molecular complexity index is 1050. The van der Waals surface area contributed by atoms with Crippen LogP contribution >= 0.6 is 0 Å². The first kappa shape index (κ1) is 21.4. The van der Waals surface area contributed by atoms with E-state index >= 15 is 0 Å². The maximum atomic E-state index is 13.0. The van der Waals surface area contributed by atoms with Crippen LogP contribution in [0.3, 0.4) is 0 Å². The lowest BCUT2D eigenvalue weighted by Gasteiger charge is -2.34. The van der Waals surface area contributed by atoms with Crippen molar-refractivity contribution in [2.24, 2.45) is 0 Å². The van der Waals surface area contributed by atoms with Crippen molar-refractivity contribution in [3.05, 3.63) is 46.1 Å². The van der Waals surface area contributed by atoms with Gasteiger partial charge in [-0.05, 0) is 37.0 Å². The molecule has 2 aromatic rings. The smallest absolute Gasteiger partial charge is 0.329 e. The molecule has 166 valence electrons. The average molecular weight is 447 g/mol. The quantitative estimate of drug-likeness (QED) is 0.485. The highest BCUT2D eigenvalue weighted by Crippen LogP contribution is 2.30. The molecule has 0 spiro atoms. The third-order valence-electron chi connectivity index (χ3n) is 5.49. The minimum absolute atomic E-state index is 0.150. The lowest BCUT2D eigenvalue weighted by Crippen LogP contribution is -2.49. The molecule has 11 heteroatoms. The van der Waals surface area contributed by atoms with Gasteiger partial charge in [0, 0.05) is 32.2 Å². The molecule has 1 saturated heterocycles. The Morgan fingerprint density at radius 1 is 1.16 bits per heavy atom. The second-order valence-electron chi connectivity index (χ2n) is 7.86. The molecule has 1 aliphatic heterocycles. The zero-order valence-corrected chi connectivity index (χ0v) is 18.2. The third-order valence-corrected chi connectivity index (χ3v) is 7.41. The van der Waals surface area contributed by atoms with Crippen molar-refractivity contribution in [3.8, 4) is 0 Å². The number of nitrogens with zero attached hydrogens (tertiary/aromatic N) is 5. The van der Waals surface area contributed by atoms with Gasteiger partial charge in [-0.3, -0.25) is 10.1 Å². The number of nitrogens with one attached hydrogen (secondary N) is 1. The van der Waals surface area contributed by atoms with E-state index in [1.165, 1.54) is 10.5 Å². The van der Waals surface area contributed by atoms with Crippen LogP contribution in [0.25, 0.3) is 0 Å². The fourth-order valence-corrected chi connectivity index (χ4v) is 5.00. The van der Waals surface area contributed by atoms with Gasteiger partial charge in [-0.15, -0.1) is 0 Å². The molecule has 4 rings (SSSR count). The summed E-state index contributed by atoms with van der Waals surface area (Å²) in [4.78, 5) is 21.4. The monoisotopic (exact) mass is 446 g/mol. The van der Waals surface area contributed by atoms with Crippen molar-refractivity contribution in [2.45, 2.75) is 43.5 Å². The largest absolute Gasteiger partial charge is 0.361 e. The fourth-order valence-electron chi connectivity index (χ4n) is 3.57. The van der Waals surface area contributed by atoms with Crippen molar-refractivity contribution < 1.29 is 13.3 Å². The van der Waals surface area contributed by atoms with Gasteiger partial charge in [0.05, 0.1) is 9.82 Å². The van der Waals surface area contributed by atoms with E-state index in [0.717, 1.165) is 31.2 Å². The highest BCUT2D eigenvalue weighted by molar-refractivity contribution is 7.89. The van der Waals surface area contributed by atoms with Crippen LogP contribution < -0.4 is 10.2 Å². The Kier molecular flexibility index (Phi) is 6.05. The lowest BCUT2D eigenvalue weighted by atomic mass is 10.1. The summed E-state index contributed by atoms with van der Waals surface area (Å²) in [6.07, 6.45) is 5.08. The van der Waals surface area contributed by atoms with E-state index in [1.807, 2.05) is 17.0 Å². The molecular formula is C20H26N6O4S. The first-order chi connectivity index (χ1) is 14.9. The molecule has 1 aromatic heterocycles. The molecule has 1 aromatic carbocycles. The van der Waals surface area contributed by atoms with Gasteiger partial charge in [0.2, 0.25) is 21.8 Å². The van der Waals surface area contributed by atoms with E-state index in [9.17, 15) is 18.5 Å². The second kappa shape index (κ2) is 8.75. The molecule has 0 unspecified atom stereocenters. The maximum absolute atomic E-state index is 13.0. The number of aromatic nitrogens is 2. The van der Waals surface area contributed by atoms with Crippen LogP contribution in [0.4, 0.5) is 17.5 Å². The number of piperazine rings is 1. The molecule has 2 heterocycles. The van der Waals surface area contributed by atoms with Gasteiger partial charge in [0.15, 0.2) is 0 Å². The lowest BCUT2D eigenvalue weighted by molar-refractivity contribution is -0.384. The van der Waals surface area contributed by atoms with Crippen LogP contribution in [0.15, 0.2) is 35.4 Å². The summed E-state index contributed by atoms with van der Waals surface area (Å²) >= 11 is 0. The van der Waals surface area contributed by atoms with E-state index < -0.39 is 14.9 Å².